The van der Waals surface area contributed by atoms with E-state index >= 15 is 0 Å². The van der Waals surface area contributed by atoms with Crippen LogP contribution in [-0.4, -0.2) is 19.3 Å². The molecule has 0 aliphatic heterocycles. The summed E-state index contributed by atoms with van der Waals surface area (Å²) in [5.41, 5.74) is -4.81. The Bertz CT molecular complexity index is 1160. The summed E-state index contributed by atoms with van der Waals surface area (Å²) >= 11 is 5.94. The Labute approximate surface area is 152 Å². The van der Waals surface area contributed by atoms with Crippen molar-refractivity contribution in [1.82, 2.24) is 19.3 Å². The van der Waals surface area contributed by atoms with Crippen LogP contribution in [0.25, 0.3) is 17.1 Å². The molecule has 0 saturated heterocycles. The van der Waals surface area contributed by atoms with Gasteiger partial charge in [0.2, 0.25) is 11.8 Å². The van der Waals surface area contributed by atoms with E-state index in [2.05, 4.69) is 10.2 Å². The molecule has 3 rings (SSSR count). The minimum Gasteiger partial charge on any atom is -0.421 e. The van der Waals surface area contributed by atoms with Crippen LogP contribution in [0.1, 0.15) is 11.6 Å². The zero-order chi connectivity index (χ0) is 20.1. The number of alkyl halides is 3. The fraction of sp³-hybridized carbons (Fsp3) is 0.200. The number of rotatable bonds is 2. The number of hydrogen-bond acceptors (Lipinski definition) is 5. The summed E-state index contributed by atoms with van der Waals surface area (Å²) in [7, 11) is 0.817. The second-order valence-corrected chi connectivity index (χ2v) is 5.86. The lowest BCUT2D eigenvalue weighted by Crippen LogP contribution is -2.41. The smallest absolute Gasteiger partial charge is 0.421 e. The van der Waals surface area contributed by atoms with Gasteiger partial charge in [-0.1, -0.05) is 11.6 Å². The van der Waals surface area contributed by atoms with Gasteiger partial charge in [0.15, 0.2) is 0 Å². The van der Waals surface area contributed by atoms with Gasteiger partial charge in [-0.15, -0.1) is 10.2 Å². The highest BCUT2D eigenvalue weighted by Gasteiger charge is 2.35. The first-order chi connectivity index (χ1) is 12.5. The van der Waals surface area contributed by atoms with E-state index in [0.717, 1.165) is 19.2 Å². The van der Waals surface area contributed by atoms with E-state index in [-0.39, 0.29) is 37.6 Å². The molecular weight excluding hydrogens is 396 g/mol. The second kappa shape index (κ2) is 6.34. The maximum Gasteiger partial charge on any atom is 0.431 e. The summed E-state index contributed by atoms with van der Waals surface area (Å²) in [5.74, 6) is -1.04. The summed E-state index contributed by atoms with van der Waals surface area (Å²) < 4.78 is 58.8. The van der Waals surface area contributed by atoms with Gasteiger partial charge in [-0.2, -0.15) is 13.2 Å². The van der Waals surface area contributed by atoms with Gasteiger partial charge in [0.05, 0.1) is 16.3 Å². The molecule has 0 unspecified atom stereocenters. The van der Waals surface area contributed by atoms with Crippen LogP contribution in [0.2, 0.25) is 5.02 Å². The van der Waals surface area contributed by atoms with E-state index in [9.17, 15) is 27.2 Å². The van der Waals surface area contributed by atoms with Crippen molar-refractivity contribution in [3.63, 3.8) is 0 Å². The Morgan fingerprint density at radius 1 is 1.15 bits per heavy atom. The first-order valence-electron chi connectivity index (χ1n) is 7.21. The molecule has 0 amide bonds. The normalized spacial score (nSPS) is 11.8. The summed E-state index contributed by atoms with van der Waals surface area (Å²) in [5, 5.41) is 7.14. The van der Waals surface area contributed by atoms with Crippen molar-refractivity contribution in [2.75, 3.05) is 0 Å². The molecule has 0 spiro atoms. The molecule has 2 heterocycles. The highest BCUT2D eigenvalue weighted by molar-refractivity contribution is 6.33. The van der Waals surface area contributed by atoms with Gasteiger partial charge in [0.25, 0.3) is 5.56 Å². The van der Waals surface area contributed by atoms with E-state index in [1.807, 2.05) is 0 Å². The number of hydrogen-bond donors (Lipinski definition) is 0. The number of aryl methyl sites for hydroxylation is 1. The van der Waals surface area contributed by atoms with Crippen LogP contribution in [0.5, 0.6) is 0 Å². The third-order valence-electron chi connectivity index (χ3n) is 3.64. The number of aromatic nitrogens is 4. The lowest BCUT2D eigenvalue weighted by molar-refractivity contribution is -0.144. The molecule has 2 aromatic heterocycles. The lowest BCUT2D eigenvalue weighted by atomic mass is 10.2. The van der Waals surface area contributed by atoms with Crippen molar-refractivity contribution in [1.29, 1.82) is 0 Å². The van der Waals surface area contributed by atoms with Crippen LogP contribution in [-0.2, 0) is 13.2 Å². The van der Waals surface area contributed by atoms with Crippen molar-refractivity contribution in [2.45, 2.75) is 13.1 Å². The maximum atomic E-state index is 14.4. The summed E-state index contributed by atoms with van der Waals surface area (Å²) in [6, 6.07) is 1.96. The largest absolute Gasteiger partial charge is 0.431 e. The van der Waals surface area contributed by atoms with Gasteiger partial charge in [-0.05, 0) is 12.1 Å². The molecule has 3 aromatic rings. The first kappa shape index (κ1) is 18.8. The third kappa shape index (κ3) is 3.25. The predicted octanol–water partition coefficient (Wildman–Crippen LogP) is 2.71. The monoisotopic (exact) mass is 404 g/mol. The summed E-state index contributed by atoms with van der Waals surface area (Å²) in [6.45, 7) is 1.49. The molecule has 0 atom stereocenters. The van der Waals surface area contributed by atoms with Gasteiger partial charge in [-0.25, -0.2) is 13.8 Å². The van der Waals surface area contributed by atoms with Crippen LogP contribution in [0.3, 0.4) is 0 Å². The third-order valence-corrected chi connectivity index (χ3v) is 3.96. The van der Waals surface area contributed by atoms with E-state index < -0.39 is 34.6 Å². The van der Waals surface area contributed by atoms with E-state index in [4.69, 9.17) is 16.0 Å². The molecule has 0 fully saturated rings. The molecule has 7 nitrogen and oxygen atoms in total. The number of nitrogens with zero attached hydrogens (tertiary/aromatic N) is 4. The molecule has 0 radical (unpaired) electrons. The molecule has 0 aliphatic carbocycles. The Morgan fingerprint density at radius 2 is 1.81 bits per heavy atom. The van der Waals surface area contributed by atoms with Crippen molar-refractivity contribution in [3.8, 4) is 17.1 Å². The first-order valence-corrected chi connectivity index (χ1v) is 7.58. The SMILES string of the molecule is Cc1nnc(-c2cc(-n3c(=O)cc(C(F)(F)F)n(C)c3=O)c(F)cc2Cl)o1. The zero-order valence-corrected chi connectivity index (χ0v) is 14.4. The standard InChI is InChI=1S/C15H9ClF4N4O3/c1-6-21-22-13(27-6)7-3-10(9(17)4-8(7)16)24-12(25)5-11(15(18,19)20)23(2)14(24)26/h3-5H,1-2H3. The number of benzene rings is 1. The molecular formula is C15H9ClF4N4O3. The van der Waals surface area contributed by atoms with E-state index in [0.29, 0.717) is 0 Å². The topological polar surface area (TPSA) is 82.9 Å². The van der Waals surface area contributed by atoms with Crippen molar-refractivity contribution >= 4 is 11.6 Å². The second-order valence-electron chi connectivity index (χ2n) is 5.45. The molecule has 1 aromatic carbocycles. The quantitative estimate of drug-likeness (QED) is 0.613. The molecule has 27 heavy (non-hydrogen) atoms. The average molecular weight is 405 g/mol. The van der Waals surface area contributed by atoms with Crippen molar-refractivity contribution in [2.24, 2.45) is 7.05 Å². The molecule has 0 aliphatic rings. The number of halogens is 5. The Morgan fingerprint density at radius 3 is 2.37 bits per heavy atom. The van der Waals surface area contributed by atoms with Gasteiger partial charge < -0.3 is 4.42 Å². The van der Waals surface area contributed by atoms with Gasteiger partial charge in [0, 0.05) is 20.0 Å². The van der Waals surface area contributed by atoms with Crippen LogP contribution in [0.4, 0.5) is 17.6 Å². The highest BCUT2D eigenvalue weighted by atomic mass is 35.5. The fourth-order valence-electron chi connectivity index (χ4n) is 2.40. The highest BCUT2D eigenvalue weighted by Crippen LogP contribution is 2.31. The molecule has 12 heteroatoms. The zero-order valence-electron chi connectivity index (χ0n) is 13.6. The average Bonchev–Trinajstić information content (AvgIpc) is 2.98. The lowest BCUT2D eigenvalue weighted by Gasteiger charge is -2.14. The van der Waals surface area contributed by atoms with E-state index in [1.54, 1.807) is 0 Å². The summed E-state index contributed by atoms with van der Waals surface area (Å²) in [6.07, 6.45) is -4.93. The molecule has 0 bridgehead atoms. The maximum absolute atomic E-state index is 14.4. The van der Waals surface area contributed by atoms with Crippen molar-refractivity contribution in [3.05, 3.63) is 61.5 Å². The Kier molecular flexibility index (Phi) is 4.42. The summed E-state index contributed by atoms with van der Waals surface area (Å²) in [4.78, 5) is 24.5. The van der Waals surface area contributed by atoms with Crippen LogP contribution < -0.4 is 11.2 Å². The van der Waals surface area contributed by atoms with E-state index in [1.165, 1.54) is 6.92 Å². The van der Waals surface area contributed by atoms with Gasteiger partial charge >= 0.3 is 11.9 Å². The Balaban J connectivity index is 2.31. The minimum absolute atomic E-state index is 0.00233. The molecule has 0 N–H and O–H groups in total. The van der Waals surface area contributed by atoms with Crippen LogP contribution in [0, 0.1) is 12.7 Å². The van der Waals surface area contributed by atoms with Crippen LogP contribution in [0.15, 0.2) is 32.2 Å². The molecule has 142 valence electrons. The van der Waals surface area contributed by atoms with Gasteiger partial charge in [-0.3, -0.25) is 9.36 Å². The fourth-order valence-corrected chi connectivity index (χ4v) is 2.63. The van der Waals surface area contributed by atoms with Crippen LogP contribution >= 0.6 is 11.6 Å². The molecule has 0 saturated carbocycles. The van der Waals surface area contributed by atoms with Gasteiger partial charge in [0.1, 0.15) is 11.5 Å². The predicted molar refractivity (Wildman–Crippen MR) is 85.3 cm³/mol. The Hall–Kier alpha value is -2.95. The van der Waals surface area contributed by atoms with Crippen molar-refractivity contribution < 1.29 is 22.0 Å². The minimum atomic E-state index is -4.93.